The van der Waals surface area contributed by atoms with Crippen LogP contribution in [0, 0.1) is 5.82 Å². The quantitative estimate of drug-likeness (QED) is 0.759. The Morgan fingerprint density at radius 1 is 1.28 bits per heavy atom. The van der Waals surface area contributed by atoms with E-state index in [0.29, 0.717) is 5.56 Å². The number of hydrogen-bond acceptors (Lipinski definition) is 1. The van der Waals surface area contributed by atoms with Gasteiger partial charge < -0.3 is 4.90 Å². The standard InChI is InChI=1S/C13H14Cl2FNO/c14-10-8-9(4-5-11(10)16)12(15)13(18)17-6-2-1-3-7-17/h4-5,8,12H,1-3,6-7H2. The number of alkyl halides is 1. The molecule has 1 atom stereocenters. The van der Waals surface area contributed by atoms with Gasteiger partial charge in [0.15, 0.2) is 0 Å². The maximum atomic E-state index is 13.0. The van der Waals surface area contributed by atoms with Crippen LogP contribution < -0.4 is 0 Å². The zero-order chi connectivity index (χ0) is 13.1. The summed E-state index contributed by atoms with van der Waals surface area (Å²) in [5.41, 5.74) is 0.540. The average Bonchev–Trinajstić information content (AvgIpc) is 2.41. The van der Waals surface area contributed by atoms with Crippen LogP contribution >= 0.6 is 23.2 Å². The third-order valence-corrected chi connectivity index (χ3v) is 3.85. The number of carbonyl (C=O) groups excluding carboxylic acids is 1. The van der Waals surface area contributed by atoms with Gasteiger partial charge in [0.1, 0.15) is 11.2 Å². The highest BCUT2D eigenvalue weighted by molar-refractivity contribution is 6.32. The fraction of sp³-hybridized carbons (Fsp3) is 0.462. The zero-order valence-corrected chi connectivity index (χ0v) is 11.3. The molecule has 0 radical (unpaired) electrons. The molecule has 1 heterocycles. The van der Waals surface area contributed by atoms with Crippen LogP contribution in [0.25, 0.3) is 0 Å². The first-order chi connectivity index (χ1) is 8.59. The van der Waals surface area contributed by atoms with Crippen molar-refractivity contribution in [3.63, 3.8) is 0 Å². The molecule has 1 saturated heterocycles. The summed E-state index contributed by atoms with van der Waals surface area (Å²) < 4.78 is 13.0. The third-order valence-electron chi connectivity index (χ3n) is 3.12. The summed E-state index contributed by atoms with van der Waals surface area (Å²) in [4.78, 5) is 13.9. The smallest absolute Gasteiger partial charge is 0.245 e. The lowest BCUT2D eigenvalue weighted by atomic mass is 10.1. The largest absolute Gasteiger partial charge is 0.341 e. The summed E-state index contributed by atoms with van der Waals surface area (Å²) in [7, 11) is 0. The normalized spacial score (nSPS) is 17.6. The van der Waals surface area contributed by atoms with E-state index in [-0.39, 0.29) is 10.9 Å². The molecular formula is C13H14Cl2FNO. The Morgan fingerprint density at radius 2 is 1.94 bits per heavy atom. The Balaban J connectivity index is 2.11. The van der Waals surface area contributed by atoms with Gasteiger partial charge >= 0.3 is 0 Å². The minimum absolute atomic E-state index is 0.00964. The molecule has 1 aromatic rings. The van der Waals surface area contributed by atoms with Crippen LogP contribution in [-0.4, -0.2) is 23.9 Å². The molecule has 1 fully saturated rings. The van der Waals surface area contributed by atoms with E-state index in [1.54, 1.807) is 4.90 Å². The monoisotopic (exact) mass is 289 g/mol. The maximum absolute atomic E-state index is 13.0. The van der Waals surface area contributed by atoms with Gasteiger partial charge in [0.25, 0.3) is 0 Å². The lowest BCUT2D eigenvalue weighted by Gasteiger charge is -2.28. The molecule has 1 amide bonds. The van der Waals surface area contributed by atoms with E-state index in [4.69, 9.17) is 23.2 Å². The van der Waals surface area contributed by atoms with Gasteiger partial charge in [0, 0.05) is 13.1 Å². The number of likely N-dealkylation sites (tertiary alicyclic amines) is 1. The van der Waals surface area contributed by atoms with Gasteiger partial charge in [-0.3, -0.25) is 4.79 Å². The van der Waals surface area contributed by atoms with Crippen molar-refractivity contribution in [3.05, 3.63) is 34.6 Å². The molecule has 1 aromatic carbocycles. The predicted molar refractivity (Wildman–Crippen MR) is 70.4 cm³/mol. The van der Waals surface area contributed by atoms with Crippen LogP contribution in [0.15, 0.2) is 18.2 Å². The SMILES string of the molecule is O=C(C(Cl)c1ccc(F)c(Cl)c1)N1CCCCC1. The number of nitrogens with zero attached hydrogens (tertiary/aromatic N) is 1. The molecular weight excluding hydrogens is 276 g/mol. The molecule has 0 saturated carbocycles. The average molecular weight is 290 g/mol. The highest BCUT2D eigenvalue weighted by Gasteiger charge is 2.25. The Bertz CT molecular complexity index is 447. The summed E-state index contributed by atoms with van der Waals surface area (Å²) >= 11 is 11.8. The van der Waals surface area contributed by atoms with Crippen molar-refractivity contribution in [2.24, 2.45) is 0 Å². The fourth-order valence-electron chi connectivity index (χ4n) is 2.09. The van der Waals surface area contributed by atoms with Crippen molar-refractivity contribution in [2.75, 3.05) is 13.1 Å². The molecule has 18 heavy (non-hydrogen) atoms. The first kappa shape index (κ1) is 13.6. The lowest BCUT2D eigenvalue weighted by Crippen LogP contribution is -2.37. The fourth-order valence-corrected chi connectivity index (χ4v) is 2.55. The van der Waals surface area contributed by atoms with Crippen LogP contribution in [0.4, 0.5) is 4.39 Å². The molecule has 5 heteroatoms. The molecule has 2 rings (SSSR count). The van der Waals surface area contributed by atoms with Crippen molar-refractivity contribution < 1.29 is 9.18 Å². The van der Waals surface area contributed by atoms with Gasteiger partial charge in [0.05, 0.1) is 5.02 Å². The Labute approximate surface area is 116 Å². The Morgan fingerprint density at radius 3 is 2.56 bits per heavy atom. The summed E-state index contributed by atoms with van der Waals surface area (Å²) in [5, 5.41) is -0.800. The van der Waals surface area contributed by atoms with Crippen LogP contribution in [0.2, 0.25) is 5.02 Å². The van der Waals surface area contributed by atoms with Crippen molar-refractivity contribution in [1.82, 2.24) is 4.90 Å². The molecule has 0 aromatic heterocycles. The molecule has 2 nitrogen and oxygen atoms in total. The molecule has 1 unspecified atom stereocenters. The van der Waals surface area contributed by atoms with E-state index >= 15 is 0 Å². The van der Waals surface area contributed by atoms with Gasteiger partial charge in [-0.2, -0.15) is 0 Å². The number of halogens is 3. The predicted octanol–water partition coefficient (Wildman–Crippen LogP) is 3.77. The van der Waals surface area contributed by atoms with E-state index in [1.165, 1.54) is 18.2 Å². The molecule has 1 aliphatic heterocycles. The van der Waals surface area contributed by atoms with E-state index in [1.807, 2.05) is 0 Å². The minimum Gasteiger partial charge on any atom is -0.341 e. The van der Waals surface area contributed by atoms with Gasteiger partial charge in [-0.1, -0.05) is 17.7 Å². The summed E-state index contributed by atoms with van der Waals surface area (Å²) in [6, 6.07) is 4.15. The Kier molecular flexibility index (Phi) is 4.46. The highest BCUT2D eigenvalue weighted by atomic mass is 35.5. The van der Waals surface area contributed by atoms with Crippen molar-refractivity contribution >= 4 is 29.1 Å². The van der Waals surface area contributed by atoms with Gasteiger partial charge in [-0.05, 0) is 37.0 Å². The van der Waals surface area contributed by atoms with Crippen molar-refractivity contribution in [1.29, 1.82) is 0 Å². The van der Waals surface area contributed by atoms with Crippen molar-refractivity contribution in [2.45, 2.75) is 24.6 Å². The van der Waals surface area contributed by atoms with Gasteiger partial charge in [0.2, 0.25) is 5.91 Å². The zero-order valence-electron chi connectivity index (χ0n) is 9.83. The highest BCUT2D eigenvalue weighted by Crippen LogP contribution is 2.27. The second-order valence-electron chi connectivity index (χ2n) is 4.42. The van der Waals surface area contributed by atoms with Crippen molar-refractivity contribution in [3.8, 4) is 0 Å². The van der Waals surface area contributed by atoms with Gasteiger partial charge in [-0.15, -0.1) is 11.6 Å². The first-order valence-corrected chi connectivity index (χ1v) is 6.79. The molecule has 1 aliphatic rings. The summed E-state index contributed by atoms with van der Waals surface area (Å²) in [6.07, 6.45) is 3.18. The van der Waals surface area contributed by atoms with Crippen LogP contribution in [-0.2, 0) is 4.79 Å². The number of piperidine rings is 1. The number of rotatable bonds is 2. The molecule has 0 spiro atoms. The second kappa shape index (κ2) is 5.89. The molecule has 0 bridgehead atoms. The van der Waals surface area contributed by atoms with E-state index in [2.05, 4.69) is 0 Å². The van der Waals surface area contributed by atoms with Crippen LogP contribution in [0.5, 0.6) is 0 Å². The maximum Gasteiger partial charge on any atom is 0.245 e. The summed E-state index contributed by atoms with van der Waals surface area (Å²) in [6.45, 7) is 1.49. The number of amides is 1. The topological polar surface area (TPSA) is 20.3 Å². The second-order valence-corrected chi connectivity index (χ2v) is 5.27. The molecule has 0 N–H and O–H groups in total. The lowest BCUT2D eigenvalue weighted by molar-refractivity contribution is -0.131. The number of carbonyl (C=O) groups is 1. The molecule has 0 aliphatic carbocycles. The number of hydrogen-bond donors (Lipinski definition) is 0. The number of benzene rings is 1. The minimum atomic E-state index is -0.791. The summed E-state index contributed by atoms with van der Waals surface area (Å²) in [5.74, 6) is -0.631. The van der Waals surface area contributed by atoms with E-state index < -0.39 is 11.2 Å². The van der Waals surface area contributed by atoms with Crippen LogP contribution in [0.1, 0.15) is 30.2 Å². The molecule has 98 valence electrons. The van der Waals surface area contributed by atoms with E-state index in [9.17, 15) is 9.18 Å². The Hall–Kier alpha value is -0.800. The van der Waals surface area contributed by atoms with Gasteiger partial charge in [-0.25, -0.2) is 4.39 Å². The first-order valence-electron chi connectivity index (χ1n) is 5.97. The third kappa shape index (κ3) is 2.96. The van der Waals surface area contributed by atoms with Crippen LogP contribution in [0.3, 0.4) is 0 Å². The van der Waals surface area contributed by atoms with E-state index in [0.717, 1.165) is 32.4 Å².